The van der Waals surface area contributed by atoms with Gasteiger partial charge in [-0.15, -0.1) is 0 Å². The molecular formula is C13H12BrN3O2. The largest absolute Gasteiger partial charge is 0.369 e. The number of pyridine rings is 1. The molecule has 0 atom stereocenters. The van der Waals surface area contributed by atoms with Crippen molar-refractivity contribution in [2.45, 2.75) is 6.42 Å². The number of rotatable bonds is 5. The summed E-state index contributed by atoms with van der Waals surface area (Å²) in [5.41, 5.74) is 1.16. The van der Waals surface area contributed by atoms with E-state index < -0.39 is 4.92 Å². The number of aromatic nitrogens is 1. The lowest BCUT2D eigenvalue weighted by atomic mass is 10.1. The smallest absolute Gasteiger partial charge is 0.269 e. The Hall–Kier alpha value is -1.95. The molecule has 6 heteroatoms. The highest BCUT2D eigenvalue weighted by molar-refractivity contribution is 9.10. The SMILES string of the molecule is O=[N+]([O-])c1ccc(CCNc2ncccc2Br)cc1. The first-order chi connectivity index (χ1) is 9.16. The molecule has 1 aromatic carbocycles. The molecule has 1 aromatic heterocycles. The first-order valence-corrected chi connectivity index (χ1v) is 6.54. The van der Waals surface area contributed by atoms with Crippen LogP contribution in [0.15, 0.2) is 47.1 Å². The monoisotopic (exact) mass is 321 g/mol. The fourth-order valence-electron chi connectivity index (χ4n) is 1.63. The summed E-state index contributed by atoms with van der Waals surface area (Å²) in [5.74, 6) is 0.796. The minimum atomic E-state index is -0.396. The highest BCUT2D eigenvalue weighted by Crippen LogP contribution is 2.18. The molecule has 1 heterocycles. The van der Waals surface area contributed by atoms with E-state index in [9.17, 15) is 10.1 Å². The Morgan fingerprint density at radius 2 is 2.00 bits per heavy atom. The van der Waals surface area contributed by atoms with E-state index in [1.54, 1.807) is 18.3 Å². The van der Waals surface area contributed by atoms with Crippen molar-refractivity contribution < 1.29 is 4.92 Å². The van der Waals surface area contributed by atoms with Crippen LogP contribution in [0.4, 0.5) is 11.5 Å². The first-order valence-electron chi connectivity index (χ1n) is 5.74. The number of hydrogen-bond acceptors (Lipinski definition) is 4. The number of halogens is 1. The van der Waals surface area contributed by atoms with E-state index in [4.69, 9.17) is 0 Å². The maximum absolute atomic E-state index is 10.5. The first kappa shape index (κ1) is 13.5. The molecule has 0 fully saturated rings. The number of hydrogen-bond donors (Lipinski definition) is 1. The molecule has 0 aliphatic carbocycles. The van der Waals surface area contributed by atoms with Crippen LogP contribution in [0.1, 0.15) is 5.56 Å². The van der Waals surface area contributed by atoms with Crippen LogP contribution in [0.5, 0.6) is 0 Å². The van der Waals surface area contributed by atoms with E-state index in [1.165, 1.54) is 12.1 Å². The van der Waals surface area contributed by atoms with Crippen LogP contribution in [0, 0.1) is 10.1 Å². The van der Waals surface area contributed by atoms with Gasteiger partial charge in [0.1, 0.15) is 5.82 Å². The zero-order valence-corrected chi connectivity index (χ0v) is 11.6. The lowest BCUT2D eigenvalue weighted by Crippen LogP contribution is -2.06. The second-order valence-electron chi connectivity index (χ2n) is 3.93. The van der Waals surface area contributed by atoms with Gasteiger partial charge in [-0.25, -0.2) is 4.98 Å². The summed E-state index contributed by atoms with van der Waals surface area (Å²) in [5, 5.41) is 13.7. The van der Waals surface area contributed by atoms with E-state index in [0.717, 1.165) is 22.3 Å². The molecule has 0 bridgehead atoms. The number of nitrogens with zero attached hydrogens (tertiary/aromatic N) is 2. The van der Waals surface area contributed by atoms with Gasteiger partial charge in [0.25, 0.3) is 5.69 Å². The lowest BCUT2D eigenvalue weighted by Gasteiger charge is -2.07. The Kier molecular flexibility index (Phi) is 4.46. The van der Waals surface area contributed by atoms with Crippen LogP contribution in [-0.2, 0) is 6.42 Å². The van der Waals surface area contributed by atoms with Crippen molar-refractivity contribution >= 4 is 27.4 Å². The molecule has 0 spiro atoms. The van der Waals surface area contributed by atoms with Crippen LogP contribution in [0.2, 0.25) is 0 Å². The summed E-state index contributed by atoms with van der Waals surface area (Å²) < 4.78 is 0.915. The molecule has 0 aliphatic rings. The third-order valence-electron chi connectivity index (χ3n) is 2.61. The standard InChI is InChI=1S/C13H12BrN3O2/c14-12-2-1-8-15-13(12)16-9-7-10-3-5-11(6-4-10)17(18)19/h1-6,8H,7,9H2,(H,15,16). The lowest BCUT2D eigenvalue weighted by molar-refractivity contribution is -0.384. The summed E-state index contributed by atoms with van der Waals surface area (Å²) in [6.07, 6.45) is 2.50. The van der Waals surface area contributed by atoms with Crippen molar-refractivity contribution in [3.8, 4) is 0 Å². The molecule has 2 rings (SSSR count). The van der Waals surface area contributed by atoms with Crippen molar-refractivity contribution in [1.82, 2.24) is 4.98 Å². The fourth-order valence-corrected chi connectivity index (χ4v) is 2.02. The molecule has 5 nitrogen and oxygen atoms in total. The number of nitro benzene ring substituents is 1. The third kappa shape index (κ3) is 3.75. The quantitative estimate of drug-likeness (QED) is 0.677. The second kappa shape index (κ2) is 6.29. The Morgan fingerprint density at radius 1 is 1.26 bits per heavy atom. The summed E-state index contributed by atoms with van der Waals surface area (Å²) in [6, 6.07) is 10.4. The van der Waals surface area contributed by atoms with Crippen LogP contribution >= 0.6 is 15.9 Å². The van der Waals surface area contributed by atoms with Crippen molar-refractivity contribution in [3.63, 3.8) is 0 Å². The van der Waals surface area contributed by atoms with Crippen LogP contribution in [0.3, 0.4) is 0 Å². The summed E-state index contributed by atoms with van der Waals surface area (Å²) >= 11 is 3.41. The van der Waals surface area contributed by atoms with Gasteiger partial charge in [-0.3, -0.25) is 10.1 Å². The normalized spacial score (nSPS) is 10.2. The highest BCUT2D eigenvalue weighted by Gasteiger charge is 2.04. The summed E-state index contributed by atoms with van der Waals surface area (Å²) in [6.45, 7) is 0.716. The fraction of sp³-hybridized carbons (Fsp3) is 0.154. The van der Waals surface area contributed by atoms with E-state index >= 15 is 0 Å². The van der Waals surface area contributed by atoms with Gasteiger partial charge in [-0.1, -0.05) is 12.1 Å². The molecule has 19 heavy (non-hydrogen) atoms. The molecule has 98 valence electrons. The highest BCUT2D eigenvalue weighted by atomic mass is 79.9. The minimum absolute atomic E-state index is 0.115. The van der Waals surface area contributed by atoms with E-state index in [2.05, 4.69) is 26.2 Å². The van der Waals surface area contributed by atoms with Crippen LogP contribution < -0.4 is 5.32 Å². The second-order valence-corrected chi connectivity index (χ2v) is 4.79. The summed E-state index contributed by atoms with van der Waals surface area (Å²) in [4.78, 5) is 14.3. The average Bonchev–Trinajstić information content (AvgIpc) is 2.41. The zero-order chi connectivity index (χ0) is 13.7. The van der Waals surface area contributed by atoms with Crippen molar-refractivity contribution in [1.29, 1.82) is 0 Å². The molecule has 0 amide bonds. The number of non-ortho nitro benzene ring substituents is 1. The molecular weight excluding hydrogens is 310 g/mol. The van der Waals surface area contributed by atoms with Crippen molar-refractivity contribution in [2.75, 3.05) is 11.9 Å². The Balaban J connectivity index is 1.89. The maximum Gasteiger partial charge on any atom is 0.269 e. The number of anilines is 1. The van der Waals surface area contributed by atoms with Crippen LogP contribution in [-0.4, -0.2) is 16.5 Å². The molecule has 0 radical (unpaired) electrons. The number of benzene rings is 1. The maximum atomic E-state index is 10.5. The Morgan fingerprint density at radius 3 is 2.63 bits per heavy atom. The average molecular weight is 322 g/mol. The molecule has 0 saturated carbocycles. The topological polar surface area (TPSA) is 68.1 Å². The molecule has 0 aliphatic heterocycles. The number of nitro groups is 1. The summed E-state index contributed by atoms with van der Waals surface area (Å²) in [7, 11) is 0. The van der Waals surface area contributed by atoms with Crippen LogP contribution in [0.25, 0.3) is 0 Å². The Labute approximate surface area is 119 Å². The van der Waals surface area contributed by atoms with Gasteiger partial charge < -0.3 is 5.32 Å². The molecule has 1 N–H and O–H groups in total. The van der Waals surface area contributed by atoms with Gasteiger partial charge in [0.15, 0.2) is 0 Å². The zero-order valence-electron chi connectivity index (χ0n) is 10.0. The van der Waals surface area contributed by atoms with Crippen molar-refractivity contribution in [3.05, 3.63) is 62.7 Å². The predicted octanol–water partition coefficient (Wildman–Crippen LogP) is 3.41. The number of nitrogens with one attached hydrogen (secondary N) is 1. The molecule has 0 unspecified atom stereocenters. The van der Waals surface area contributed by atoms with E-state index in [0.29, 0.717) is 6.54 Å². The molecule has 0 saturated heterocycles. The van der Waals surface area contributed by atoms with Gasteiger partial charge >= 0.3 is 0 Å². The minimum Gasteiger partial charge on any atom is -0.369 e. The third-order valence-corrected chi connectivity index (χ3v) is 3.25. The van der Waals surface area contributed by atoms with Gasteiger partial charge in [-0.2, -0.15) is 0 Å². The van der Waals surface area contributed by atoms with E-state index in [-0.39, 0.29) is 5.69 Å². The predicted molar refractivity (Wildman–Crippen MR) is 77.2 cm³/mol. The van der Waals surface area contributed by atoms with Gasteiger partial charge in [0, 0.05) is 24.9 Å². The van der Waals surface area contributed by atoms with Gasteiger partial charge in [0.05, 0.1) is 9.40 Å². The van der Waals surface area contributed by atoms with Gasteiger partial charge in [-0.05, 0) is 40.0 Å². The van der Waals surface area contributed by atoms with Crippen molar-refractivity contribution in [2.24, 2.45) is 0 Å². The van der Waals surface area contributed by atoms with E-state index in [1.807, 2.05) is 12.1 Å². The van der Waals surface area contributed by atoms with Gasteiger partial charge in [0.2, 0.25) is 0 Å². The Bertz CT molecular complexity index is 572. The molecule has 2 aromatic rings.